The molecule has 0 atom stereocenters. The van der Waals surface area contributed by atoms with Crippen LogP contribution in [-0.4, -0.2) is 15.9 Å². The zero-order chi connectivity index (χ0) is 17.8. The average molecular weight is 397 g/mol. The van der Waals surface area contributed by atoms with Gasteiger partial charge in [0.15, 0.2) is 0 Å². The highest BCUT2D eigenvalue weighted by molar-refractivity contribution is 9.10. The topological polar surface area (TPSA) is 66.9 Å². The minimum absolute atomic E-state index is 0.252. The van der Waals surface area contributed by atoms with Gasteiger partial charge in [-0.2, -0.15) is 0 Å². The van der Waals surface area contributed by atoms with Crippen molar-refractivity contribution >= 4 is 39.0 Å². The Morgan fingerprint density at radius 3 is 2.48 bits per heavy atom. The van der Waals surface area contributed by atoms with E-state index in [2.05, 4.69) is 36.5 Å². The second-order valence-corrected chi connectivity index (χ2v) is 6.57. The van der Waals surface area contributed by atoms with Gasteiger partial charge in [-0.05, 0) is 65.2 Å². The summed E-state index contributed by atoms with van der Waals surface area (Å²) in [5.74, 6) is 0.276. The molecule has 0 aliphatic rings. The molecular weight excluding hydrogens is 380 g/mol. The van der Waals surface area contributed by atoms with Crippen LogP contribution in [-0.2, 0) is 0 Å². The van der Waals surface area contributed by atoms with E-state index < -0.39 is 0 Å². The molecule has 0 radical (unpaired) electrons. The van der Waals surface area contributed by atoms with Crippen molar-refractivity contribution < 1.29 is 4.79 Å². The molecule has 3 aromatic rings. The highest BCUT2D eigenvalue weighted by Crippen LogP contribution is 2.23. The third kappa shape index (κ3) is 4.42. The zero-order valence-electron chi connectivity index (χ0n) is 13.9. The van der Waals surface area contributed by atoms with Gasteiger partial charge in [0.1, 0.15) is 11.5 Å². The molecule has 0 saturated heterocycles. The number of rotatable bonds is 4. The lowest BCUT2D eigenvalue weighted by Gasteiger charge is -2.09. The minimum Gasteiger partial charge on any atom is -0.339 e. The molecule has 3 rings (SSSR count). The number of carbonyl (C=O) groups is 1. The molecule has 1 aromatic heterocycles. The van der Waals surface area contributed by atoms with Gasteiger partial charge < -0.3 is 10.6 Å². The summed E-state index contributed by atoms with van der Waals surface area (Å²) in [6, 6.07) is 13.7. The molecule has 1 amide bonds. The summed E-state index contributed by atoms with van der Waals surface area (Å²) in [6.45, 7) is 4.01. The van der Waals surface area contributed by atoms with Gasteiger partial charge in [0, 0.05) is 10.2 Å². The van der Waals surface area contributed by atoms with Gasteiger partial charge in [0.2, 0.25) is 0 Å². The van der Waals surface area contributed by atoms with Crippen LogP contribution in [0.1, 0.15) is 21.6 Å². The van der Waals surface area contributed by atoms with E-state index in [4.69, 9.17) is 0 Å². The molecule has 1 heterocycles. The Bertz CT molecular complexity index is 910. The van der Waals surface area contributed by atoms with E-state index in [1.807, 2.05) is 56.3 Å². The molecule has 2 aromatic carbocycles. The van der Waals surface area contributed by atoms with E-state index in [-0.39, 0.29) is 11.6 Å². The largest absolute Gasteiger partial charge is 0.339 e. The van der Waals surface area contributed by atoms with Crippen LogP contribution in [0.25, 0.3) is 0 Å². The Hall–Kier alpha value is -2.73. The quantitative estimate of drug-likeness (QED) is 0.661. The minimum atomic E-state index is -0.306. The van der Waals surface area contributed by atoms with Gasteiger partial charge in [0.25, 0.3) is 5.91 Å². The van der Waals surface area contributed by atoms with Gasteiger partial charge in [-0.15, -0.1) is 0 Å². The first kappa shape index (κ1) is 17.1. The first-order chi connectivity index (χ1) is 12.0. The van der Waals surface area contributed by atoms with Crippen LogP contribution < -0.4 is 10.6 Å². The maximum absolute atomic E-state index is 12.3. The number of aromatic nitrogens is 2. The highest BCUT2D eigenvalue weighted by Gasteiger charge is 2.10. The van der Waals surface area contributed by atoms with Crippen LogP contribution in [0.3, 0.4) is 0 Å². The number of halogens is 1. The number of aryl methyl sites for hydroxylation is 2. The normalized spacial score (nSPS) is 10.4. The predicted molar refractivity (Wildman–Crippen MR) is 103 cm³/mol. The highest BCUT2D eigenvalue weighted by atomic mass is 79.9. The van der Waals surface area contributed by atoms with E-state index in [1.165, 1.54) is 6.20 Å². The number of nitrogens with one attached hydrogen (secondary N) is 2. The third-order valence-electron chi connectivity index (χ3n) is 3.55. The number of carbonyl (C=O) groups excluding carboxylic acids is 1. The van der Waals surface area contributed by atoms with Crippen molar-refractivity contribution in [1.82, 2.24) is 9.97 Å². The second-order valence-electron chi connectivity index (χ2n) is 5.72. The molecule has 0 saturated carbocycles. The van der Waals surface area contributed by atoms with E-state index >= 15 is 0 Å². The lowest BCUT2D eigenvalue weighted by atomic mass is 10.2. The van der Waals surface area contributed by atoms with Crippen molar-refractivity contribution in [3.8, 4) is 0 Å². The maximum Gasteiger partial charge on any atom is 0.275 e. The van der Waals surface area contributed by atoms with E-state index in [1.54, 1.807) is 6.20 Å². The monoisotopic (exact) mass is 396 g/mol. The molecule has 5 nitrogen and oxygen atoms in total. The van der Waals surface area contributed by atoms with Gasteiger partial charge in [-0.1, -0.05) is 18.2 Å². The Kier molecular flexibility index (Phi) is 5.09. The molecular formula is C19H17BrN4O. The molecule has 0 unspecified atom stereocenters. The summed E-state index contributed by atoms with van der Waals surface area (Å²) in [6.07, 6.45) is 3.00. The van der Waals surface area contributed by atoms with E-state index in [0.717, 1.165) is 21.3 Å². The molecule has 0 aliphatic carbocycles. The van der Waals surface area contributed by atoms with Crippen molar-refractivity contribution in [2.45, 2.75) is 13.8 Å². The van der Waals surface area contributed by atoms with Crippen molar-refractivity contribution in [2.75, 3.05) is 10.6 Å². The number of anilines is 3. The molecule has 0 bridgehead atoms. The standard InChI is InChI=1S/C19H17BrN4O/c1-12-4-3-5-14(8-12)23-18-11-21-17(10-22-18)19(25)24-16-7-6-13(2)9-15(16)20/h3-11H,1-2H3,(H,22,23)(H,24,25). The van der Waals surface area contributed by atoms with Crippen LogP contribution in [0.5, 0.6) is 0 Å². The fourth-order valence-corrected chi connectivity index (χ4v) is 2.88. The van der Waals surface area contributed by atoms with Gasteiger partial charge in [-0.25, -0.2) is 9.97 Å². The summed E-state index contributed by atoms with van der Waals surface area (Å²) < 4.78 is 0.826. The van der Waals surface area contributed by atoms with Gasteiger partial charge in [0.05, 0.1) is 18.1 Å². The summed E-state index contributed by atoms with van der Waals surface area (Å²) in [5, 5.41) is 5.98. The van der Waals surface area contributed by atoms with Gasteiger partial charge in [-0.3, -0.25) is 4.79 Å². The summed E-state index contributed by atoms with van der Waals surface area (Å²) in [5.41, 5.74) is 4.13. The molecule has 25 heavy (non-hydrogen) atoms. The van der Waals surface area contributed by atoms with Crippen molar-refractivity contribution in [3.05, 3.63) is 76.2 Å². The van der Waals surface area contributed by atoms with Crippen LogP contribution in [0.2, 0.25) is 0 Å². The molecule has 0 fully saturated rings. The maximum atomic E-state index is 12.3. The lowest BCUT2D eigenvalue weighted by molar-refractivity contribution is 0.102. The number of hydrogen-bond acceptors (Lipinski definition) is 4. The Balaban J connectivity index is 1.70. The van der Waals surface area contributed by atoms with Crippen molar-refractivity contribution in [2.24, 2.45) is 0 Å². The Morgan fingerprint density at radius 1 is 1.00 bits per heavy atom. The Morgan fingerprint density at radius 2 is 1.80 bits per heavy atom. The lowest BCUT2D eigenvalue weighted by Crippen LogP contribution is -2.14. The number of benzene rings is 2. The molecule has 0 spiro atoms. The van der Waals surface area contributed by atoms with Crippen molar-refractivity contribution in [3.63, 3.8) is 0 Å². The fraction of sp³-hybridized carbons (Fsp3) is 0.105. The molecule has 0 aliphatic heterocycles. The first-order valence-electron chi connectivity index (χ1n) is 7.74. The van der Waals surface area contributed by atoms with Crippen LogP contribution in [0, 0.1) is 13.8 Å². The van der Waals surface area contributed by atoms with Gasteiger partial charge >= 0.3 is 0 Å². The van der Waals surface area contributed by atoms with Crippen LogP contribution in [0.4, 0.5) is 17.2 Å². The SMILES string of the molecule is Cc1cccc(Nc2cnc(C(=O)Nc3ccc(C)cc3Br)cn2)c1. The van der Waals surface area contributed by atoms with Crippen LogP contribution >= 0.6 is 15.9 Å². The van der Waals surface area contributed by atoms with Crippen molar-refractivity contribution in [1.29, 1.82) is 0 Å². The second kappa shape index (κ2) is 7.44. The predicted octanol–water partition coefficient (Wildman–Crippen LogP) is 4.85. The first-order valence-corrected chi connectivity index (χ1v) is 8.54. The third-order valence-corrected chi connectivity index (χ3v) is 4.20. The zero-order valence-corrected chi connectivity index (χ0v) is 15.5. The van der Waals surface area contributed by atoms with E-state index in [0.29, 0.717) is 11.5 Å². The fourth-order valence-electron chi connectivity index (χ4n) is 2.29. The molecule has 126 valence electrons. The number of amides is 1. The number of hydrogen-bond donors (Lipinski definition) is 2. The molecule has 6 heteroatoms. The van der Waals surface area contributed by atoms with E-state index in [9.17, 15) is 4.79 Å². The summed E-state index contributed by atoms with van der Waals surface area (Å²) in [7, 11) is 0. The summed E-state index contributed by atoms with van der Waals surface area (Å²) in [4.78, 5) is 20.8. The van der Waals surface area contributed by atoms with Crippen LogP contribution in [0.15, 0.2) is 59.3 Å². The smallest absolute Gasteiger partial charge is 0.275 e. The average Bonchev–Trinajstić information content (AvgIpc) is 2.58. The summed E-state index contributed by atoms with van der Waals surface area (Å²) >= 11 is 3.44. The molecule has 2 N–H and O–H groups in total. The Labute approximate surface area is 154 Å². The number of nitrogens with zero attached hydrogens (tertiary/aromatic N) is 2.